The van der Waals surface area contributed by atoms with Crippen molar-refractivity contribution in [3.05, 3.63) is 71.7 Å². The van der Waals surface area contributed by atoms with E-state index in [0.29, 0.717) is 17.2 Å². The third kappa shape index (κ3) is 4.72. The maximum absolute atomic E-state index is 12.6. The maximum Gasteiger partial charge on any atom is 0.263 e. The number of amides is 1. The van der Waals surface area contributed by atoms with Crippen LogP contribution in [0, 0.1) is 0 Å². The van der Waals surface area contributed by atoms with E-state index in [1.54, 1.807) is 17.5 Å². The van der Waals surface area contributed by atoms with Gasteiger partial charge in [-0.3, -0.25) is 9.52 Å². The van der Waals surface area contributed by atoms with Crippen molar-refractivity contribution in [3.63, 3.8) is 0 Å². The van der Waals surface area contributed by atoms with E-state index in [0.717, 1.165) is 5.56 Å². The highest BCUT2D eigenvalue weighted by Crippen LogP contribution is 2.23. The van der Waals surface area contributed by atoms with E-state index in [4.69, 9.17) is 0 Å². The summed E-state index contributed by atoms with van der Waals surface area (Å²) in [6.07, 6.45) is 2.19. The van der Waals surface area contributed by atoms with Gasteiger partial charge in [-0.15, -0.1) is 11.3 Å². The molecule has 0 saturated carbocycles. The molecule has 0 saturated heterocycles. The van der Waals surface area contributed by atoms with E-state index in [1.165, 1.54) is 29.7 Å². The fourth-order valence-corrected chi connectivity index (χ4v) is 4.44. The van der Waals surface area contributed by atoms with Crippen molar-refractivity contribution < 1.29 is 13.2 Å². The third-order valence-electron chi connectivity index (χ3n) is 4.01. The summed E-state index contributed by atoms with van der Waals surface area (Å²) in [4.78, 5) is 16.6. The first-order valence-corrected chi connectivity index (χ1v) is 10.7. The predicted octanol–water partition coefficient (Wildman–Crippen LogP) is 4.08. The number of hydrogen-bond acceptors (Lipinski definition) is 5. The summed E-state index contributed by atoms with van der Waals surface area (Å²) in [5.74, 6) is -0.388. The average Bonchev–Trinajstić information content (AvgIpc) is 3.16. The molecule has 1 atom stereocenters. The topological polar surface area (TPSA) is 88.2 Å². The second kappa shape index (κ2) is 8.32. The highest BCUT2D eigenvalue weighted by Gasteiger charge is 2.19. The van der Waals surface area contributed by atoms with Crippen LogP contribution >= 0.6 is 11.3 Å². The summed E-state index contributed by atoms with van der Waals surface area (Å²) in [5.41, 5.74) is 1.49. The summed E-state index contributed by atoms with van der Waals surface area (Å²) in [7, 11) is -3.71. The van der Waals surface area contributed by atoms with Crippen LogP contribution in [0.1, 0.15) is 24.8 Å². The molecular formula is C19H19N3O3S2. The SMILES string of the molecule is CC[C@@H](C(=O)Nc1ccc(S(=O)(=O)Nc2nccs2)cc1)c1ccccc1. The summed E-state index contributed by atoms with van der Waals surface area (Å²) < 4.78 is 27.1. The molecule has 3 aromatic rings. The molecule has 0 spiro atoms. The van der Waals surface area contributed by atoms with Crippen molar-refractivity contribution in [3.8, 4) is 0 Å². The zero-order valence-electron chi connectivity index (χ0n) is 14.6. The monoisotopic (exact) mass is 401 g/mol. The van der Waals surface area contributed by atoms with Gasteiger partial charge in [0.1, 0.15) is 0 Å². The molecule has 0 aliphatic heterocycles. The molecular weight excluding hydrogens is 382 g/mol. The lowest BCUT2D eigenvalue weighted by Crippen LogP contribution is -2.20. The van der Waals surface area contributed by atoms with Gasteiger partial charge in [-0.25, -0.2) is 13.4 Å². The Balaban J connectivity index is 1.71. The Hall–Kier alpha value is -2.71. The number of thiazole rings is 1. The number of benzene rings is 2. The summed E-state index contributed by atoms with van der Waals surface area (Å²) in [6, 6.07) is 15.6. The molecule has 27 heavy (non-hydrogen) atoms. The Kier molecular flexibility index (Phi) is 5.88. The van der Waals surface area contributed by atoms with Crippen molar-refractivity contribution in [2.24, 2.45) is 0 Å². The summed E-state index contributed by atoms with van der Waals surface area (Å²) >= 11 is 1.20. The first kappa shape index (κ1) is 19.1. The second-order valence-electron chi connectivity index (χ2n) is 5.83. The molecule has 1 heterocycles. The van der Waals surface area contributed by atoms with Crippen molar-refractivity contribution >= 4 is 38.1 Å². The zero-order chi connectivity index (χ0) is 19.3. The highest BCUT2D eigenvalue weighted by atomic mass is 32.2. The molecule has 1 aromatic heterocycles. The highest BCUT2D eigenvalue weighted by molar-refractivity contribution is 7.93. The molecule has 0 aliphatic carbocycles. The number of aromatic nitrogens is 1. The zero-order valence-corrected chi connectivity index (χ0v) is 16.3. The van der Waals surface area contributed by atoms with Crippen LogP contribution in [0.4, 0.5) is 10.8 Å². The number of nitrogens with zero attached hydrogens (tertiary/aromatic N) is 1. The molecule has 2 aromatic carbocycles. The third-order valence-corrected chi connectivity index (χ3v) is 6.19. The number of carbonyl (C=O) groups excluding carboxylic acids is 1. The fourth-order valence-electron chi connectivity index (χ4n) is 2.65. The molecule has 1 amide bonds. The van der Waals surface area contributed by atoms with Crippen LogP contribution < -0.4 is 10.0 Å². The van der Waals surface area contributed by atoms with E-state index >= 15 is 0 Å². The summed E-state index contributed by atoms with van der Waals surface area (Å²) in [6.45, 7) is 1.96. The molecule has 140 valence electrons. The van der Waals surface area contributed by atoms with Gasteiger partial charge in [-0.2, -0.15) is 0 Å². The minimum absolute atomic E-state index is 0.103. The Morgan fingerprint density at radius 2 is 1.81 bits per heavy atom. The van der Waals surface area contributed by atoms with Gasteiger partial charge in [0.05, 0.1) is 10.8 Å². The average molecular weight is 402 g/mol. The Morgan fingerprint density at radius 3 is 2.41 bits per heavy atom. The summed E-state index contributed by atoms with van der Waals surface area (Å²) in [5, 5.41) is 4.85. The van der Waals surface area contributed by atoms with E-state index < -0.39 is 10.0 Å². The number of sulfonamides is 1. The van der Waals surface area contributed by atoms with Crippen molar-refractivity contribution in [1.29, 1.82) is 0 Å². The second-order valence-corrected chi connectivity index (χ2v) is 8.40. The molecule has 0 unspecified atom stereocenters. The van der Waals surface area contributed by atoms with Crippen LogP contribution in [0.3, 0.4) is 0 Å². The van der Waals surface area contributed by atoms with Crippen LogP contribution in [-0.2, 0) is 14.8 Å². The lowest BCUT2D eigenvalue weighted by molar-refractivity contribution is -0.117. The Labute approximate surface area is 162 Å². The van der Waals surface area contributed by atoms with Crippen molar-refractivity contribution in [1.82, 2.24) is 4.98 Å². The Morgan fingerprint density at radius 1 is 1.11 bits per heavy atom. The van der Waals surface area contributed by atoms with E-state index in [9.17, 15) is 13.2 Å². The number of nitrogens with one attached hydrogen (secondary N) is 2. The standard InChI is InChI=1S/C19H19N3O3S2/c1-2-17(14-6-4-3-5-7-14)18(23)21-15-8-10-16(11-9-15)27(24,25)22-19-20-12-13-26-19/h3-13,17H,2H2,1H3,(H,20,22)(H,21,23)/t17-/m1/s1. The maximum atomic E-state index is 12.6. The predicted molar refractivity (Wildman–Crippen MR) is 107 cm³/mol. The van der Waals surface area contributed by atoms with E-state index in [-0.39, 0.29) is 16.7 Å². The van der Waals surface area contributed by atoms with Crippen LogP contribution in [0.15, 0.2) is 71.1 Å². The molecule has 0 bridgehead atoms. The molecule has 0 aliphatic rings. The van der Waals surface area contributed by atoms with E-state index in [2.05, 4.69) is 15.0 Å². The number of hydrogen-bond donors (Lipinski definition) is 2. The van der Waals surface area contributed by atoms with Crippen molar-refractivity contribution in [2.75, 3.05) is 10.0 Å². The molecule has 0 fully saturated rings. The van der Waals surface area contributed by atoms with Gasteiger partial charge in [0, 0.05) is 17.3 Å². The van der Waals surface area contributed by atoms with Gasteiger partial charge < -0.3 is 5.32 Å². The van der Waals surface area contributed by atoms with Crippen LogP contribution in [0.25, 0.3) is 0 Å². The minimum Gasteiger partial charge on any atom is -0.326 e. The van der Waals surface area contributed by atoms with Crippen molar-refractivity contribution in [2.45, 2.75) is 24.2 Å². The smallest absolute Gasteiger partial charge is 0.263 e. The molecule has 8 heteroatoms. The lowest BCUT2D eigenvalue weighted by Gasteiger charge is -2.15. The van der Waals surface area contributed by atoms with Gasteiger partial charge in [-0.1, -0.05) is 37.3 Å². The minimum atomic E-state index is -3.71. The van der Waals surface area contributed by atoms with Gasteiger partial charge in [0.2, 0.25) is 5.91 Å². The van der Waals surface area contributed by atoms with E-state index in [1.807, 2.05) is 37.3 Å². The molecule has 0 radical (unpaired) electrons. The van der Waals surface area contributed by atoms with Gasteiger partial charge in [0.25, 0.3) is 10.0 Å². The number of carbonyl (C=O) groups is 1. The first-order valence-electron chi connectivity index (χ1n) is 8.38. The Bertz CT molecular complexity index is 986. The number of rotatable bonds is 7. The lowest BCUT2D eigenvalue weighted by atomic mass is 9.95. The molecule has 3 rings (SSSR count). The fraction of sp³-hybridized carbons (Fsp3) is 0.158. The number of anilines is 2. The molecule has 2 N–H and O–H groups in total. The quantitative estimate of drug-likeness (QED) is 0.624. The molecule has 6 nitrogen and oxygen atoms in total. The van der Waals surface area contributed by atoms with Crippen LogP contribution in [-0.4, -0.2) is 19.3 Å². The first-order chi connectivity index (χ1) is 13.0. The van der Waals surface area contributed by atoms with Crippen LogP contribution in [0.5, 0.6) is 0 Å². The van der Waals surface area contributed by atoms with Gasteiger partial charge in [0.15, 0.2) is 5.13 Å². The van der Waals surface area contributed by atoms with Crippen LogP contribution in [0.2, 0.25) is 0 Å². The largest absolute Gasteiger partial charge is 0.326 e. The normalized spacial score (nSPS) is 12.3. The van der Waals surface area contributed by atoms with Gasteiger partial charge >= 0.3 is 0 Å². The van der Waals surface area contributed by atoms with Gasteiger partial charge in [-0.05, 0) is 36.2 Å².